The minimum Gasteiger partial charge on any atom is -0.491 e. The van der Waals surface area contributed by atoms with Crippen molar-refractivity contribution in [3.63, 3.8) is 0 Å². The van der Waals surface area contributed by atoms with Crippen LogP contribution in [0.25, 0.3) is 0 Å². The first-order valence-corrected chi connectivity index (χ1v) is 9.79. The molecule has 0 spiro atoms. The number of carbonyl (C=O) groups is 2. The Hall–Kier alpha value is -2.73. The van der Waals surface area contributed by atoms with E-state index in [1.807, 2.05) is 25.1 Å². The summed E-state index contributed by atoms with van der Waals surface area (Å²) in [6.07, 6.45) is 0.868. The number of hydrogen-bond acceptors (Lipinski definition) is 3. The lowest BCUT2D eigenvalue weighted by Crippen LogP contribution is -2.51. The molecule has 1 aliphatic heterocycles. The summed E-state index contributed by atoms with van der Waals surface area (Å²) in [5, 5.41) is 3.41. The number of nitrogens with one attached hydrogen (secondary N) is 1. The van der Waals surface area contributed by atoms with Gasteiger partial charge in [-0.1, -0.05) is 36.7 Å². The monoisotopic (exact) mass is 401 g/mol. The minimum absolute atomic E-state index is 0.00856. The molecular formula is C21H24ClN3O3. The van der Waals surface area contributed by atoms with Crippen LogP contribution in [0.2, 0.25) is 5.02 Å². The normalized spacial score (nSPS) is 13.9. The van der Waals surface area contributed by atoms with E-state index in [2.05, 4.69) is 5.32 Å². The van der Waals surface area contributed by atoms with Gasteiger partial charge in [0.2, 0.25) is 0 Å². The SMILES string of the molecule is CCCOc1ccc(Cl)cc1NC(=O)N1CCN(C(=O)c2ccccc2)CC1. The highest BCUT2D eigenvalue weighted by Gasteiger charge is 2.25. The number of carbonyl (C=O) groups excluding carboxylic acids is 2. The van der Waals surface area contributed by atoms with E-state index >= 15 is 0 Å². The number of amides is 3. The summed E-state index contributed by atoms with van der Waals surface area (Å²) in [5.74, 6) is 0.586. The van der Waals surface area contributed by atoms with E-state index in [-0.39, 0.29) is 11.9 Å². The highest BCUT2D eigenvalue weighted by Crippen LogP contribution is 2.28. The standard InChI is InChI=1S/C21H24ClN3O3/c1-2-14-28-19-9-8-17(22)15-18(19)23-21(27)25-12-10-24(11-13-25)20(26)16-6-4-3-5-7-16/h3-9,15H,2,10-14H2,1H3,(H,23,27). The molecule has 3 amide bonds. The van der Waals surface area contributed by atoms with Crippen LogP contribution in [0.15, 0.2) is 48.5 Å². The summed E-state index contributed by atoms with van der Waals surface area (Å²) in [7, 11) is 0. The average Bonchev–Trinajstić information content (AvgIpc) is 2.73. The Balaban J connectivity index is 1.58. The smallest absolute Gasteiger partial charge is 0.322 e. The van der Waals surface area contributed by atoms with Crippen LogP contribution in [0.4, 0.5) is 10.5 Å². The molecule has 148 valence electrons. The van der Waals surface area contributed by atoms with Gasteiger partial charge in [0.1, 0.15) is 5.75 Å². The second-order valence-corrected chi connectivity index (χ2v) is 7.00. The molecule has 1 N–H and O–H groups in total. The van der Waals surface area contributed by atoms with Crippen LogP contribution in [0.1, 0.15) is 23.7 Å². The van der Waals surface area contributed by atoms with E-state index in [0.29, 0.717) is 54.8 Å². The fraction of sp³-hybridized carbons (Fsp3) is 0.333. The van der Waals surface area contributed by atoms with E-state index in [9.17, 15) is 9.59 Å². The second-order valence-electron chi connectivity index (χ2n) is 6.56. The van der Waals surface area contributed by atoms with Crippen molar-refractivity contribution in [2.45, 2.75) is 13.3 Å². The fourth-order valence-corrected chi connectivity index (χ4v) is 3.18. The van der Waals surface area contributed by atoms with Gasteiger partial charge in [0.15, 0.2) is 0 Å². The summed E-state index contributed by atoms with van der Waals surface area (Å²) in [6, 6.07) is 14.1. The number of ether oxygens (including phenoxy) is 1. The maximum atomic E-state index is 12.7. The maximum Gasteiger partial charge on any atom is 0.322 e. The third-order valence-corrected chi connectivity index (χ3v) is 4.75. The third kappa shape index (κ3) is 4.95. The number of halogens is 1. The molecule has 0 aliphatic carbocycles. The molecule has 0 radical (unpaired) electrons. The van der Waals surface area contributed by atoms with Gasteiger partial charge in [-0.05, 0) is 36.8 Å². The Labute approximate surface area is 170 Å². The molecular weight excluding hydrogens is 378 g/mol. The number of hydrogen-bond donors (Lipinski definition) is 1. The molecule has 1 fully saturated rings. The van der Waals surface area contributed by atoms with Gasteiger partial charge in [-0.15, -0.1) is 0 Å². The molecule has 2 aromatic rings. The zero-order valence-corrected chi connectivity index (χ0v) is 16.6. The highest BCUT2D eigenvalue weighted by atomic mass is 35.5. The summed E-state index contributed by atoms with van der Waals surface area (Å²) >= 11 is 6.07. The van der Waals surface area contributed by atoms with Crippen molar-refractivity contribution in [2.75, 3.05) is 38.1 Å². The zero-order chi connectivity index (χ0) is 19.9. The molecule has 1 saturated heterocycles. The quantitative estimate of drug-likeness (QED) is 0.819. The number of urea groups is 1. The molecule has 0 unspecified atom stereocenters. The average molecular weight is 402 g/mol. The van der Waals surface area contributed by atoms with Gasteiger partial charge in [0.25, 0.3) is 5.91 Å². The second kappa shape index (κ2) is 9.46. The van der Waals surface area contributed by atoms with E-state index in [0.717, 1.165) is 6.42 Å². The minimum atomic E-state index is -0.226. The van der Waals surface area contributed by atoms with E-state index in [1.165, 1.54) is 0 Å². The first-order chi connectivity index (χ1) is 13.6. The van der Waals surface area contributed by atoms with Gasteiger partial charge in [-0.2, -0.15) is 0 Å². The number of benzene rings is 2. The molecule has 3 rings (SSSR count). The first-order valence-electron chi connectivity index (χ1n) is 9.41. The molecule has 2 aromatic carbocycles. The van der Waals surface area contributed by atoms with Gasteiger partial charge >= 0.3 is 6.03 Å². The van der Waals surface area contributed by atoms with E-state index in [4.69, 9.17) is 16.3 Å². The van der Waals surface area contributed by atoms with Crippen LogP contribution < -0.4 is 10.1 Å². The number of nitrogens with zero attached hydrogens (tertiary/aromatic N) is 2. The van der Waals surface area contributed by atoms with E-state index in [1.54, 1.807) is 40.1 Å². The van der Waals surface area contributed by atoms with Crippen LogP contribution in [0, 0.1) is 0 Å². The summed E-state index contributed by atoms with van der Waals surface area (Å²) in [4.78, 5) is 28.7. The Kier molecular flexibility index (Phi) is 6.76. The lowest BCUT2D eigenvalue weighted by molar-refractivity contribution is 0.0671. The topological polar surface area (TPSA) is 61.9 Å². The maximum absolute atomic E-state index is 12.7. The Morgan fingerprint density at radius 2 is 1.71 bits per heavy atom. The van der Waals surface area contributed by atoms with Crippen molar-refractivity contribution in [2.24, 2.45) is 0 Å². The lowest BCUT2D eigenvalue weighted by atomic mass is 10.2. The van der Waals surface area contributed by atoms with Gasteiger partial charge < -0.3 is 19.9 Å². The molecule has 1 aliphatic rings. The first kappa shape index (κ1) is 20.0. The van der Waals surface area contributed by atoms with E-state index < -0.39 is 0 Å². The molecule has 0 atom stereocenters. The Bertz CT molecular complexity index is 821. The number of piperazine rings is 1. The van der Waals surface area contributed by atoms with Gasteiger partial charge in [-0.25, -0.2) is 4.79 Å². The largest absolute Gasteiger partial charge is 0.491 e. The molecule has 28 heavy (non-hydrogen) atoms. The predicted octanol–water partition coefficient (Wildman–Crippen LogP) is 4.12. The van der Waals surface area contributed by atoms with Crippen molar-refractivity contribution in [3.8, 4) is 5.75 Å². The molecule has 7 heteroatoms. The Morgan fingerprint density at radius 1 is 1.04 bits per heavy atom. The van der Waals surface area contributed by atoms with Crippen molar-refractivity contribution in [1.82, 2.24) is 9.80 Å². The fourth-order valence-electron chi connectivity index (χ4n) is 3.01. The summed E-state index contributed by atoms with van der Waals surface area (Å²) in [5.41, 5.74) is 1.21. The van der Waals surface area contributed by atoms with Crippen molar-refractivity contribution in [3.05, 3.63) is 59.1 Å². The van der Waals surface area contributed by atoms with Gasteiger partial charge in [0.05, 0.1) is 12.3 Å². The number of rotatable bonds is 5. The number of anilines is 1. The highest BCUT2D eigenvalue weighted by molar-refractivity contribution is 6.31. The molecule has 0 aromatic heterocycles. The summed E-state index contributed by atoms with van der Waals surface area (Å²) < 4.78 is 5.68. The summed E-state index contributed by atoms with van der Waals surface area (Å²) in [6.45, 7) is 4.51. The zero-order valence-electron chi connectivity index (χ0n) is 15.9. The predicted molar refractivity (Wildman–Crippen MR) is 110 cm³/mol. The molecule has 0 bridgehead atoms. The lowest BCUT2D eigenvalue weighted by Gasteiger charge is -2.34. The van der Waals surface area contributed by atoms with Crippen LogP contribution >= 0.6 is 11.6 Å². The van der Waals surface area contributed by atoms with Crippen LogP contribution in [0.5, 0.6) is 5.75 Å². The van der Waals surface area contributed by atoms with Crippen LogP contribution in [-0.2, 0) is 0 Å². The van der Waals surface area contributed by atoms with Gasteiger partial charge in [0, 0.05) is 36.8 Å². The molecule has 0 saturated carbocycles. The molecule has 1 heterocycles. The van der Waals surface area contributed by atoms with Crippen LogP contribution in [-0.4, -0.2) is 54.5 Å². The van der Waals surface area contributed by atoms with Gasteiger partial charge in [-0.3, -0.25) is 4.79 Å². The third-order valence-electron chi connectivity index (χ3n) is 4.52. The van der Waals surface area contributed by atoms with Crippen LogP contribution in [0.3, 0.4) is 0 Å². The molecule has 6 nitrogen and oxygen atoms in total. The van der Waals surface area contributed by atoms with Crippen molar-refractivity contribution >= 4 is 29.2 Å². The van der Waals surface area contributed by atoms with Crippen molar-refractivity contribution in [1.29, 1.82) is 0 Å². The van der Waals surface area contributed by atoms with Crippen molar-refractivity contribution < 1.29 is 14.3 Å². The Morgan fingerprint density at radius 3 is 2.39 bits per heavy atom.